The van der Waals surface area contributed by atoms with Crippen LogP contribution in [0.15, 0.2) is 0 Å². The number of carbonyl (C=O) groups excluding carboxylic acids is 2. The zero-order valence-corrected chi connectivity index (χ0v) is 8.22. The highest BCUT2D eigenvalue weighted by atomic mass is 16.5. The number of nitrogens with one attached hydrogen (secondary N) is 1. The molecule has 74 valence electrons. The van der Waals surface area contributed by atoms with Gasteiger partial charge in [-0.25, -0.2) is 4.79 Å². The van der Waals surface area contributed by atoms with Gasteiger partial charge in [0.05, 0.1) is 6.61 Å². The van der Waals surface area contributed by atoms with Gasteiger partial charge in [-0.2, -0.15) is 0 Å². The number of hydrogen-bond donors (Lipinski definition) is 1. The minimum Gasteiger partial charge on any atom is -0.464 e. The second-order valence-corrected chi connectivity index (χ2v) is 3.86. The van der Waals surface area contributed by atoms with Crippen molar-refractivity contribution >= 4 is 11.9 Å². The zero-order valence-electron chi connectivity index (χ0n) is 8.22. The van der Waals surface area contributed by atoms with Gasteiger partial charge in [0, 0.05) is 12.3 Å². The van der Waals surface area contributed by atoms with Crippen molar-refractivity contribution < 1.29 is 14.3 Å². The Kier molecular flexibility index (Phi) is 2.59. The molecule has 0 aromatic heterocycles. The summed E-state index contributed by atoms with van der Waals surface area (Å²) in [5.74, 6) is -0.548. The topological polar surface area (TPSA) is 55.4 Å². The lowest BCUT2D eigenvalue weighted by atomic mass is 10.00. The Hall–Kier alpha value is -1.06. The lowest BCUT2D eigenvalue weighted by Crippen LogP contribution is -2.50. The van der Waals surface area contributed by atoms with Crippen molar-refractivity contribution in [1.29, 1.82) is 0 Å². The third-order valence-electron chi connectivity index (χ3n) is 2.21. The van der Waals surface area contributed by atoms with Crippen LogP contribution in [0.25, 0.3) is 0 Å². The fraction of sp³-hybridized carbons (Fsp3) is 0.778. The van der Waals surface area contributed by atoms with Gasteiger partial charge in [-0.05, 0) is 6.92 Å². The molecule has 1 saturated heterocycles. The minimum absolute atomic E-state index is 0.106. The molecule has 0 spiro atoms. The Morgan fingerprint density at radius 2 is 2.23 bits per heavy atom. The van der Waals surface area contributed by atoms with Crippen molar-refractivity contribution in [3.8, 4) is 0 Å². The molecule has 0 aromatic rings. The van der Waals surface area contributed by atoms with Gasteiger partial charge in [0.2, 0.25) is 5.91 Å². The van der Waals surface area contributed by atoms with Crippen LogP contribution < -0.4 is 5.32 Å². The Morgan fingerprint density at radius 3 is 2.62 bits per heavy atom. The predicted octanol–water partition coefficient (Wildman–Crippen LogP) is 0.464. The van der Waals surface area contributed by atoms with E-state index in [2.05, 4.69) is 5.32 Å². The van der Waals surface area contributed by atoms with Crippen LogP contribution in [0.5, 0.6) is 0 Å². The van der Waals surface area contributed by atoms with Gasteiger partial charge in [-0.15, -0.1) is 0 Å². The molecule has 1 aliphatic rings. The van der Waals surface area contributed by atoms with Gasteiger partial charge < -0.3 is 10.1 Å². The van der Waals surface area contributed by atoms with E-state index in [0.717, 1.165) is 0 Å². The lowest BCUT2D eigenvalue weighted by Gasteiger charge is -2.21. The Bertz CT molecular complexity index is 237. The van der Waals surface area contributed by atoms with Crippen LogP contribution in [-0.2, 0) is 14.3 Å². The van der Waals surface area contributed by atoms with E-state index in [-0.39, 0.29) is 17.8 Å². The number of hydrogen-bond acceptors (Lipinski definition) is 3. The van der Waals surface area contributed by atoms with Gasteiger partial charge in [-0.3, -0.25) is 4.79 Å². The van der Waals surface area contributed by atoms with Crippen molar-refractivity contribution in [2.75, 3.05) is 6.61 Å². The highest BCUT2D eigenvalue weighted by Gasteiger charge is 2.41. The molecule has 1 rings (SSSR count). The first-order chi connectivity index (χ1) is 5.96. The van der Waals surface area contributed by atoms with Crippen LogP contribution in [0, 0.1) is 5.92 Å². The molecule has 1 amide bonds. The summed E-state index contributed by atoms with van der Waals surface area (Å²) >= 11 is 0. The van der Waals surface area contributed by atoms with Gasteiger partial charge in [-0.1, -0.05) is 13.8 Å². The van der Waals surface area contributed by atoms with Crippen LogP contribution in [0.3, 0.4) is 0 Å². The van der Waals surface area contributed by atoms with E-state index in [1.165, 1.54) is 0 Å². The van der Waals surface area contributed by atoms with Crippen molar-refractivity contribution in [2.45, 2.75) is 32.7 Å². The Morgan fingerprint density at radius 1 is 1.62 bits per heavy atom. The molecule has 0 bridgehead atoms. The SMILES string of the molecule is CC(C)C(=O)NC1(C)CCOC1=O. The van der Waals surface area contributed by atoms with Gasteiger partial charge in [0.15, 0.2) is 0 Å². The van der Waals surface area contributed by atoms with Gasteiger partial charge in [0.25, 0.3) is 0 Å². The highest BCUT2D eigenvalue weighted by molar-refractivity contribution is 5.89. The Balaban J connectivity index is 2.61. The number of rotatable bonds is 2. The molecule has 1 N–H and O–H groups in total. The van der Waals surface area contributed by atoms with Crippen LogP contribution in [0.1, 0.15) is 27.2 Å². The zero-order chi connectivity index (χ0) is 10.1. The fourth-order valence-corrected chi connectivity index (χ4v) is 1.14. The summed E-state index contributed by atoms with van der Waals surface area (Å²) in [4.78, 5) is 22.5. The number of amides is 1. The number of ether oxygens (including phenoxy) is 1. The maximum Gasteiger partial charge on any atom is 0.331 e. The third kappa shape index (κ3) is 1.99. The average molecular weight is 185 g/mol. The number of cyclic esters (lactones) is 1. The summed E-state index contributed by atoms with van der Waals surface area (Å²) in [5.41, 5.74) is -0.804. The smallest absolute Gasteiger partial charge is 0.331 e. The molecule has 13 heavy (non-hydrogen) atoms. The van der Waals surface area contributed by atoms with Crippen LogP contribution in [0.4, 0.5) is 0 Å². The second-order valence-electron chi connectivity index (χ2n) is 3.86. The first-order valence-corrected chi connectivity index (χ1v) is 4.45. The van der Waals surface area contributed by atoms with E-state index in [9.17, 15) is 9.59 Å². The number of carbonyl (C=O) groups is 2. The van der Waals surface area contributed by atoms with Crippen molar-refractivity contribution in [1.82, 2.24) is 5.32 Å². The minimum atomic E-state index is -0.804. The molecule has 1 aliphatic heterocycles. The normalized spacial score (nSPS) is 27.5. The summed E-state index contributed by atoms with van der Waals surface area (Å²) < 4.78 is 4.80. The molecule has 0 saturated carbocycles. The lowest BCUT2D eigenvalue weighted by molar-refractivity contribution is -0.145. The van der Waals surface area contributed by atoms with E-state index >= 15 is 0 Å². The van der Waals surface area contributed by atoms with Crippen molar-refractivity contribution in [2.24, 2.45) is 5.92 Å². The molecule has 4 heteroatoms. The monoisotopic (exact) mass is 185 g/mol. The van der Waals surface area contributed by atoms with Crippen LogP contribution >= 0.6 is 0 Å². The third-order valence-corrected chi connectivity index (χ3v) is 2.21. The molecule has 1 heterocycles. The predicted molar refractivity (Wildman–Crippen MR) is 47.0 cm³/mol. The van der Waals surface area contributed by atoms with E-state index in [4.69, 9.17) is 4.74 Å². The Labute approximate surface area is 77.6 Å². The quantitative estimate of drug-likeness (QED) is 0.636. The summed E-state index contributed by atoms with van der Waals surface area (Å²) in [5, 5.41) is 2.69. The highest BCUT2D eigenvalue weighted by Crippen LogP contribution is 2.19. The average Bonchev–Trinajstić information content (AvgIpc) is 2.32. The molecule has 1 fully saturated rings. The fourth-order valence-electron chi connectivity index (χ4n) is 1.14. The summed E-state index contributed by atoms with van der Waals surface area (Å²) in [6.45, 7) is 5.67. The summed E-state index contributed by atoms with van der Waals surface area (Å²) in [6, 6.07) is 0. The molecule has 0 aliphatic carbocycles. The van der Waals surface area contributed by atoms with E-state index in [0.29, 0.717) is 13.0 Å². The molecule has 0 radical (unpaired) electrons. The standard InChI is InChI=1S/C9H15NO3/c1-6(2)7(11)10-9(3)4-5-13-8(9)12/h6H,4-5H2,1-3H3,(H,10,11). The molecule has 0 aromatic carbocycles. The summed E-state index contributed by atoms with van der Waals surface area (Å²) in [7, 11) is 0. The maximum absolute atomic E-state index is 11.3. The molecule has 1 atom stereocenters. The molecule has 1 unspecified atom stereocenters. The van der Waals surface area contributed by atoms with Gasteiger partial charge in [0.1, 0.15) is 5.54 Å². The van der Waals surface area contributed by atoms with E-state index in [1.807, 2.05) is 0 Å². The van der Waals surface area contributed by atoms with Crippen LogP contribution in [-0.4, -0.2) is 24.0 Å². The first-order valence-electron chi connectivity index (χ1n) is 4.45. The maximum atomic E-state index is 11.3. The van der Waals surface area contributed by atoms with Crippen molar-refractivity contribution in [3.63, 3.8) is 0 Å². The molecule has 4 nitrogen and oxygen atoms in total. The molecular weight excluding hydrogens is 170 g/mol. The largest absolute Gasteiger partial charge is 0.464 e. The van der Waals surface area contributed by atoms with E-state index in [1.54, 1.807) is 20.8 Å². The van der Waals surface area contributed by atoms with Crippen molar-refractivity contribution in [3.05, 3.63) is 0 Å². The number of esters is 1. The van der Waals surface area contributed by atoms with Crippen LogP contribution in [0.2, 0.25) is 0 Å². The summed E-state index contributed by atoms with van der Waals surface area (Å²) in [6.07, 6.45) is 0.560. The van der Waals surface area contributed by atoms with Gasteiger partial charge >= 0.3 is 5.97 Å². The first kappa shape index (κ1) is 10.0. The second kappa shape index (κ2) is 3.36. The molecular formula is C9H15NO3. The van der Waals surface area contributed by atoms with E-state index < -0.39 is 5.54 Å².